The molecular weight excluding hydrogens is 578 g/mol. The summed E-state index contributed by atoms with van der Waals surface area (Å²) in [7, 11) is -3.84. The summed E-state index contributed by atoms with van der Waals surface area (Å²) >= 11 is 7.18. The summed E-state index contributed by atoms with van der Waals surface area (Å²) in [5.74, 6) is 0.360. The molecule has 0 atom stereocenters. The van der Waals surface area contributed by atoms with Gasteiger partial charge < -0.3 is 10.1 Å². The fourth-order valence-corrected chi connectivity index (χ4v) is 6.64. The molecule has 5 aromatic carbocycles. The Hall–Kier alpha value is -4.44. The molecule has 0 radical (unpaired) electrons. The van der Waals surface area contributed by atoms with Crippen LogP contribution in [0, 0.1) is 0 Å². The Kier molecular flexibility index (Phi) is 7.32. The van der Waals surface area contributed by atoms with E-state index in [9.17, 15) is 13.2 Å². The van der Waals surface area contributed by atoms with Crippen molar-refractivity contribution in [2.45, 2.75) is 11.5 Å². The Balaban J connectivity index is 1.12. The average Bonchev–Trinajstić information content (AvgIpc) is 3.37. The molecule has 1 aromatic heterocycles. The van der Waals surface area contributed by atoms with Gasteiger partial charge in [0.05, 0.1) is 15.1 Å². The number of aromatic nitrogens is 1. The maximum absolute atomic E-state index is 13.0. The van der Waals surface area contributed by atoms with Gasteiger partial charge in [-0.2, -0.15) is 0 Å². The van der Waals surface area contributed by atoms with Crippen molar-refractivity contribution in [2.24, 2.45) is 0 Å². The van der Waals surface area contributed by atoms with E-state index in [-0.39, 0.29) is 15.9 Å². The first-order valence-corrected chi connectivity index (χ1v) is 15.2. The molecule has 0 fully saturated rings. The number of amides is 1. The minimum absolute atomic E-state index is 0.149. The SMILES string of the molecule is O=C(Nc1ccc(OCc2cccc(Cl)c2)cc1)c1ccc2nc(NS(=O)(=O)c3ccc4ccccc4c3)sc2c1. The second-order valence-corrected chi connectivity index (χ2v) is 12.4. The highest BCUT2D eigenvalue weighted by molar-refractivity contribution is 7.93. The van der Waals surface area contributed by atoms with Crippen LogP contribution in [-0.2, 0) is 16.6 Å². The van der Waals surface area contributed by atoms with Gasteiger partial charge in [0.2, 0.25) is 0 Å². The van der Waals surface area contributed by atoms with Gasteiger partial charge in [0.1, 0.15) is 12.4 Å². The van der Waals surface area contributed by atoms with Crippen LogP contribution in [-0.4, -0.2) is 19.3 Å². The molecule has 0 aliphatic carbocycles. The standard InChI is InChI=1S/C31H22ClN3O4S2/c32-24-7-3-4-20(16-24)19-39-26-12-10-25(11-13-26)33-30(36)23-9-15-28-29(18-23)40-31(34-28)35-41(37,38)27-14-8-21-5-1-2-6-22(21)17-27/h1-18H,19H2,(H,33,36)(H,34,35). The van der Waals surface area contributed by atoms with Gasteiger partial charge in [0.15, 0.2) is 5.13 Å². The van der Waals surface area contributed by atoms with E-state index >= 15 is 0 Å². The molecule has 0 unspecified atom stereocenters. The topological polar surface area (TPSA) is 97.4 Å². The minimum atomic E-state index is -3.84. The maximum Gasteiger partial charge on any atom is 0.263 e. The van der Waals surface area contributed by atoms with E-state index in [1.165, 1.54) is 0 Å². The zero-order chi connectivity index (χ0) is 28.4. The number of hydrogen-bond donors (Lipinski definition) is 2. The van der Waals surface area contributed by atoms with Gasteiger partial charge in [-0.3, -0.25) is 9.52 Å². The number of fused-ring (bicyclic) bond motifs is 2. The van der Waals surface area contributed by atoms with Gasteiger partial charge in [0, 0.05) is 16.3 Å². The summed E-state index contributed by atoms with van der Waals surface area (Å²) in [5.41, 5.74) is 2.58. The zero-order valence-corrected chi connectivity index (χ0v) is 23.8. The largest absolute Gasteiger partial charge is 0.489 e. The van der Waals surface area contributed by atoms with Crippen LogP contribution < -0.4 is 14.8 Å². The number of sulfonamides is 1. The molecule has 0 spiro atoms. The third kappa shape index (κ3) is 6.17. The van der Waals surface area contributed by atoms with Gasteiger partial charge in [-0.1, -0.05) is 65.4 Å². The van der Waals surface area contributed by atoms with Crippen molar-refractivity contribution in [3.63, 3.8) is 0 Å². The van der Waals surface area contributed by atoms with E-state index in [1.54, 1.807) is 60.7 Å². The van der Waals surface area contributed by atoms with Crippen LogP contribution in [0.2, 0.25) is 5.02 Å². The molecule has 204 valence electrons. The number of ether oxygens (including phenoxy) is 1. The van der Waals surface area contributed by atoms with E-state index in [0.717, 1.165) is 27.7 Å². The first-order valence-electron chi connectivity index (χ1n) is 12.5. The van der Waals surface area contributed by atoms with Crippen molar-refractivity contribution in [3.05, 3.63) is 125 Å². The normalized spacial score (nSPS) is 11.4. The Morgan fingerprint density at radius 3 is 2.46 bits per heavy atom. The van der Waals surface area contributed by atoms with Crippen LogP contribution in [0.4, 0.5) is 10.8 Å². The molecule has 41 heavy (non-hydrogen) atoms. The van der Waals surface area contributed by atoms with Crippen LogP contribution in [0.3, 0.4) is 0 Å². The number of anilines is 2. The lowest BCUT2D eigenvalue weighted by Gasteiger charge is -2.09. The molecule has 7 nitrogen and oxygen atoms in total. The fraction of sp³-hybridized carbons (Fsp3) is 0.0323. The molecule has 0 bridgehead atoms. The summed E-state index contributed by atoms with van der Waals surface area (Å²) in [6, 6.07) is 32.1. The third-order valence-electron chi connectivity index (χ3n) is 6.31. The molecule has 10 heteroatoms. The van der Waals surface area contributed by atoms with Crippen molar-refractivity contribution in [1.82, 2.24) is 4.98 Å². The number of carbonyl (C=O) groups excluding carboxylic acids is 1. The fourth-order valence-electron chi connectivity index (χ4n) is 4.25. The van der Waals surface area contributed by atoms with Gasteiger partial charge in [-0.05, 0) is 83.1 Å². The van der Waals surface area contributed by atoms with Crippen molar-refractivity contribution in [2.75, 3.05) is 10.0 Å². The molecule has 0 saturated carbocycles. The first-order chi connectivity index (χ1) is 19.8. The van der Waals surface area contributed by atoms with Gasteiger partial charge >= 0.3 is 0 Å². The Morgan fingerprint density at radius 2 is 1.66 bits per heavy atom. The van der Waals surface area contributed by atoms with Crippen LogP contribution in [0.15, 0.2) is 114 Å². The molecule has 1 amide bonds. The number of rotatable bonds is 8. The van der Waals surface area contributed by atoms with E-state index in [4.69, 9.17) is 16.3 Å². The number of hydrogen-bond acceptors (Lipinski definition) is 6. The van der Waals surface area contributed by atoms with Crippen LogP contribution in [0.5, 0.6) is 5.75 Å². The highest BCUT2D eigenvalue weighted by Gasteiger charge is 2.18. The number of nitrogens with zero attached hydrogens (tertiary/aromatic N) is 1. The molecular formula is C31H22ClN3O4S2. The maximum atomic E-state index is 13.0. The number of carbonyl (C=O) groups is 1. The van der Waals surface area contributed by atoms with Crippen molar-refractivity contribution >= 4 is 70.7 Å². The molecule has 0 saturated heterocycles. The lowest BCUT2D eigenvalue weighted by Crippen LogP contribution is -2.12. The van der Waals surface area contributed by atoms with E-state index < -0.39 is 10.0 Å². The summed E-state index contributed by atoms with van der Waals surface area (Å²) in [5, 5.41) is 5.53. The van der Waals surface area contributed by atoms with Crippen LogP contribution in [0.1, 0.15) is 15.9 Å². The Bertz CT molecular complexity index is 2010. The van der Waals surface area contributed by atoms with Gasteiger partial charge in [-0.25, -0.2) is 13.4 Å². The first kappa shape index (κ1) is 26.8. The molecule has 6 aromatic rings. The summed E-state index contributed by atoms with van der Waals surface area (Å²) < 4.78 is 35.1. The summed E-state index contributed by atoms with van der Waals surface area (Å²) in [4.78, 5) is 17.5. The zero-order valence-electron chi connectivity index (χ0n) is 21.4. The smallest absolute Gasteiger partial charge is 0.263 e. The molecule has 6 rings (SSSR count). The summed E-state index contributed by atoms with van der Waals surface area (Å²) in [6.07, 6.45) is 0. The van der Waals surface area contributed by atoms with Crippen molar-refractivity contribution in [1.29, 1.82) is 0 Å². The molecule has 0 aliphatic rings. The van der Waals surface area contributed by atoms with E-state index in [0.29, 0.717) is 38.8 Å². The molecule has 0 aliphatic heterocycles. The summed E-state index contributed by atoms with van der Waals surface area (Å²) in [6.45, 7) is 0.377. The highest BCUT2D eigenvalue weighted by Crippen LogP contribution is 2.30. The molecule has 1 heterocycles. The van der Waals surface area contributed by atoms with Crippen LogP contribution >= 0.6 is 22.9 Å². The number of nitrogens with one attached hydrogen (secondary N) is 2. The highest BCUT2D eigenvalue weighted by atomic mass is 35.5. The molecule has 2 N–H and O–H groups in total. The van der Waals surface area contributed by atoms with E-state index in [1.807, 2.05) is 48.5 Å². The van der Waals surface area contributed by atoms with Crippen molar-refractivity contribution in [3.8, 4) is 5.75 Å². The van der Waals surface area contributed by atoms with Crippen LogP contribution in [0.25, 0.3) is 21.0 Å². The second-order valence-electron chi connectivity index (χ2n) is 9.21. The Morgan fingerprint density at radius 1 is 0.854 bits per heavy atom. The lowest BCUT2D eigenvalue weighted by molar-refractivity contribution is 0.102. The number of benzene rings is 5. The average molecular weight is 600 g/mol. The third-order valence-corrected chi connectivity index (χ3v) is 8.94. The van der Waals surface area contributed by atoms with Gasteiger partial charge in [0.25, 0.3) is 15.9 Å². The van der Waals surface area contributed by atoms with Crippen molar-refractivity contribution < 1.29 is 17.9 Å². The minimum Gasteiger partial charge on any atom is -0.489 e. The quantitative estimate of drug-likeness (QED) is 0.186. The van der Waals surface area contributed by atoms with E-state index in [2.05, 4.69) is 15.0 Å². The predicted molar refractivity (Wildman–Crippen MR) is 165 cm³/mol. The second kappa shape index (κ2) is 11.2. The number of halogens is 1. The monoisotopic (exact) mass is 599 g/mol. The van der Waals surface area contributed by atoms with Gasteiger partial charge in [-0.15, -0.1) is 0 Å². The number of thiazole rings is 1. The Labute approximate surface area is 245 Å². The lowest BCUT2D eigenvalue weighted by atomic mass is 10.1. The predicted octanol–water partition coefficient (Wildman–Crippen LogP) is 7.74.